The first-order valence-corrected chi connectivity index (χ1v) is 4.30. The third kappa shape index (κ3) is 292. The van der Waals surface area contributed by atoms with Crippen molar-refractivity contribution in [2.45, 2.75) is 0 Å². The van der Waals surface area contributed by atoms with E-state index in [9.17, 15) is 8.39 Å². The van der Waals surface area contributed by atoms with Crippen molar-refractivity contribution in [3.8, 4) is 0 Å². The monoisotopic (exact) mass is 262 g/mol. The van der Waals surface area contributed by atoms with Gasteiger partial charge in [-0.05, 0) is 0 Å². The zero-order chi connectivity index (χ0) is 9.00. The van der Waals surface area contributed by atoms with Crippen LogP contribution in [0, 0.1) is 0 Å². The molecule has 0 aliphatic heterocycles. The predicted octanol–water partition coefficient (Wildman–Crippen LogP) is -5.81. The quantitative estimate of drug-likeness (QED) is 0.316. The fraction of sp³-hybridized carbons (Fsp3) is 0. The first kappa shape index (κ1) is 23.9. The van der Waals surface area contributed by atoms with Gasteiger partial charge >= 0.3 is 68.7 Å². The van der Waals surface area contributed by atoms with E-state index in [0.29, 0.717) is 0 Å². The van der Waals surface area contributed by atoms with Gasteiger partial charge in [0.1, 0.15) is 15.8 Å². The fourth-order valence-corrected chi connectivity index (χ4v) is 0. The number of rotatable bonds is 0. The molecule has 0 amide bonds. The van der Waals surface area contributed by atoms with Gasteiger partial charge in [-0.2, -0.15) is 0 Å². The third-order valence-electron chi connectivity index (χ3n) is 0. The Hall–Kier alpha value is 2.33. The summed E-state index contributed by atoms with van der Waals surface area (Å²) >= 11 is 0. The molecule has 0 unspecified atom stereocenters. The van der Waals surface area contributed by atoms with Crippen LogP contribution in [0.4, 0.5) is 8.39 Å². The van der Waals surface area contributed by atoms with Crippen molar-refractivity contribution in [2.24, 2.45) is 0 Å². The van der Waals surface area contributed by atoms with Crippen molar-refractivity contribution in [3.05, 3.63) is 0 Å². The molecule has 6 nitrogen and oxygen atoms in total. The van der Waals surface area contributed by atoms with E-state index in [-0.39, 0.29) is 68.7 Å². The van der Waals surface area contributed by atoms with Crippen LogP contribution in [0.2, 0.25) is 0 Å². The predicted molar refractivity (Wildman–Crippen MR) is 23.2 cm³/mol. The molecule has 0 atom stereocenters. The first-order chi connectivity index (χ1) is 4.00. The van der Waals surface area contributed by atoms with Crippen LogP contribution in [0.5, 0.6) is 0 Å². The average molecular weight is 262 g/mol. The van der Waals surface area contributed by atoms with Crippen LogP contribution in [-0.4, -0.2) is 17.4 Å². The van der Waals surface area contributed by atoms with Crippen molar-refractivity contribution < 1.29 is 88.5 Å². The van der Waals surface area contributed by atoms with Gasteiger partial charge in [0.05, 0.1) is 0 Å². The summed E-state index contributed by atoms with van der Waals surface area (Å²) in [7, 11) is -11.3. The molecule has 0 bridgehead atoms. The average Bonchev–Trinajstić information content (AvgIpc) is 1.12. The van der Waals surface area contributed by atoms with Crippen LogP contribution >= 0.6 is 15.8 Å². The van der Waals surface area contributed by atoms with Crippen molar-refractivity contribution in [1.82, 2.24) is 0 Å². The molecule has 0 radical (unpaired) electrons. The second-order valence-electron chi connectivity index (χ2n) is 0.861. The molecule has 0 aliphatic carbocycles. The summed E-state index contributed by atoms with van der Waals surface area (Å²) < 4.78 is 37.1. The standard InChI is InChI=1S/Al.2FH2O3P.K/c;2*1-5(2,3)4;/h;2*(H2,2,3,4);/q+3;;;+1/p-4. The van der Waals surface area contributed by atoms with E-state index >= 15 is 0 Å². The molecule has 0 aromatic carbocycles. The minimum Gasteiger partial charge on any atom is -0.786 e. The molecule has 0 heterocycles. The Balaban J connectivity index is -0.0000000457. The van der Waals surface area contributed by atoms with Crippen LogP contribution in [0.15, 0.2) is 0 Å². The summed E-state index contributed by atoms with van der Waals surface area (Å²) in [6, 6.07) is 0. The fourth-order valence-electron chi connectivity index (χ4n) is 0. The van der Waals surface area contributed by atoms with Crippen molar-refractivity contribution in [3.63, 3.8) is 0 Å². The maximum absolute atomic E-state index is 10.1. The molecule has 64 valence electrons. The van der Waals surface area contributed by atoms with Gasteiger partial charge in [-0.3, -0.25) is 0 Å². The Bertz CT molecular complexity index is 136. The zero-order valence-corrected chi connectivity index (χ0v) is 11.7. The molecule has 0 aliphatic rings. The van der Waals surface area contributed by atoms with E-state index in [1.165, 1.54) is 0 Å². The first-order valence-electron chi connectivity index (χ1n) is 1.43. The summed E-state index contributed by atoms with van der Waals surface area (Å²) in [6.45, 7) is 0. The Labute approximate surface area is 120 Å². The minimum atomic E-state index is -5.64. The van der Waals surface area contributed by atoms with Gasteiger partial charge in [-0.25, -0.2) is 8.39 Å². The van der Waals surface area contributed by atoms with Gasteiger partial charge in [-0.15, -0.1) is 0 Å². The minimum absolute atomic E-state index is 0. The second kappa shape index (κ2) is 9.87. The zero-order valence-electron chi connectivity index (χ0n) is 5.68. The molecule has 0 N–H and O–H groups in total. The molecule has 0 saturated carbocycles. The van der Waals surface area contributed by atoms with Crippen LogP contribution in [0.25, 0.3) is 0 Å². The van der Waals surface area contributed by atoms with Gasteiger partial charge in [0.2, 0.25) is 0 Å². The van der Waals surface area contributed by atoms with E-state index in [0.717, 1.165) is 0 Å². The molecule has 0 saturated heterocycles. The molecule has 12 heteroatoms. The van der Waals surface area contributed by atoms with E-state index in [4.69, 9.17) is 28.7 Å². The van der Waals surface area contributed by atoms with Crippen LogP contribution in [0.3, 0.4) is 0 Å². The summed E-state index contributed by atoms with van der Waals surface area (Å²) in [5, 5.41) is 0. The largest absolute Gasteiger partial charge is 3.00 e. The van der Waals surface area contributed by atoms with E-state index in [1.54, 1.807) is 0 Å². The number of hydrogen-bond acceptors (Lipinski definition) is 6. The number of hydrogen-bond donors (Lipinski definition) is 0. The van der Waals surface area contributed by atoms with E-state index < -0.39 is 15.8 Å². The molecular weight excluding hydrogens is 262 g/mol. The summed E-state index contributed by atoms with van der Waals surface area (Å²) in [5.74, 6) is 0. The van der Waals surface area contributed by atoms with Crippen molar-refractivity contribution in [1.29, 1.82) is 0 Å². The second-order valence-corrected chi connectivity index (χ2v) is 2.58. The smallest absolute Gasteiger partial charge is 0.786 e. The molecule has 12 heavy (non-hydrogen) atoms. The normalized spacial score (nSPS) is 9.83. The van der Waals surface area contributed by atoms with Crippen LogP contribution in [-0.2, 0) is 9.13 Å². The topological polar surface area (TPSA) is 126 Å². The van der Waals surface area contributed by atoms with Gasteiger partial charge in [-0.1, -0.05) is 0 Å². The Morgan fingerprint density at radius 1 is 0.833 bits per heavy atom. The van der Waals surface area contributed by atoms with Gasteiger partial charge in [0.25, 0.3) is 0 Å². The molecule has 0 fully saturated rings. The molecular formula is AlF2KO6P2. The van der Waals surface area contributed by atoms with Crippen LogP contribution in [0.1, 0.15) is 0 Å². The van der Waals surface area contributed by atoms with E-state index in [1.807, 2.05) is 0 Å². The Morgan fingerprint density at radius 3 is 0.833 bits per heavy atom. The Morgan fingerprint density at radius 2 is 0.833 bits per heavy atom. The van der Waals surface area contributed by atoms with E-state index in [2.05, 4.69) is 0 Å². The Kier molecular flexibility index (Phi) is 19.6. The van der Waals surface area contributed by atoms with Gasteiger partial charge in [0.15, 0.2) is 0 Å². The van der Waals surface area contributed by atoms with Gasteiger partial charge < -0.3 is 28.7 Å². The molecule has 0 aromatic rings. The molecule has 0 rings (SSSR count). The molecule has 0 aromatic heterocycles. The van der Waals surface area contributed by atoms with Gasteiger partial charge in [0, 0.05) is 0 Å². The van der Waals surface area contributed by atoms with Crippen molar-refractivity contribution in [2.75, 3.05) is 0 Å². The third-order valence-corrected chi connectivity index (χ3v) is 0. The SMILES string of the molecule is O=P([O-])([O-])F.O=P([O-])([O-])F.[Al+3].[K+]. The van der Waals surface area contributed by atoms with Crippen LogP contribution < -0.4 is 71.0 Å². The maximum Gasteiger partial charge on any atom is 3.00 e. The molecule has 0 spiro atoms. The summed E-state index contributed by atoms with van der Waals surface area (Å²) in [5.41, 5.74) is 0. The maximum atomic E-state index is 10.1. The van der Waals surface area contributed by atoms with Crippen molar-refractivity contribution >= 4 is 33.2 Å². The summed E-state index contributed by atoms with van der Waals surface area (Å²) in [4.78, 5) is 33.8. The summed E-state index contributed by atoms with van der Waals surface area (Å²) in [6.07, 6.45) is 0. The number of halogens is 2.